The molecule has 1 amide bonds. The van der Waals surface area contributed by atoms with Gasteiger partial charge in [0.05, 0.1) is 25.3 Å². The van der Waals surface area contributed by atoms with Crippen molar-refractivity contribution in [3.8, 4) is 11.5 Å². The molecule has 1 N–H and O–H groups in total. The van der Waals surface area contributed by atoms with Crippen molar-refractivity contribution < 1.29 is 24.2 Å². The lowest BCUT2D eigenvalue weighted by atomic mass is 9.95. The van der Waals surface area contributed by atoms with Crippen molar-refractivity contribution in [1.29, 1.82) is 0 Å². The number of ether oxygens (including phenoxy) is 2. The highest BCUT2D eigenvalue weighted by molar-refractivity contribution is 9.10. The van der Waals surface area contributed by atoms with Crippen LogP contribution in [0.3, 0.4) is 0 Å². The van der Waals surface area contributed by atoms with Crippen LogP contribution in [0.25, 0.3) is 5.76 Å². The normalized spacial score (nSPS) is 17.3. The standard InChI is InChI=1S/C26H22BrNO5/c1-3-33-21-12-6-17(7-13-21)24(29)22-23(16-4-8-18(27)9-5-16)28(26(31)25(22)30)19-10-14-20(32-2)15-11-19/h4-15,23,29H,3H2,1-2H3. The number of ketones is 1. The third-order valence-corrected chi connectivity index (χ3v) is 5.95. The van der Waals surface area contributed by atoms with E-state index < -0.39 is 17.7 Å². The predicted molar refractivity (Wildman–Crippen MR) is 130 cm³/mol. The zero-order chi connectivity index (χ0) is 23.5. The summed E-state index contributed by atoms with van der Waals surface area (Å²) in [6.07, 6.45) is 0. The van der Waals surface area contributed by atoms with Crippen molar-refractivity contribution in [2.45, 2.75) is 13.0 Å². The molecule has 0 saturated carbocycles. The molecule has 1 aliphatic heterocycles. The lowest BCUT2D eigenvalue weighted by molar-refractivity contribution is -0.132. The summed E-state index contributed by atoms with van der Waals surface area (Å²) in [6, 6.07) is 20.2. The number of amides is 1. The van der Waals surface area contributed by atoms with Gasteiger partial charge in [-0.15, -0.1) is 0 Å². The summed E-state index contributed by atoms with van der Waals surface area (Å²) in [7, 11) is 1.56. The zero-order valence-corrected chi connectivity index (χ0v) is 19.7. The van der Waals surface area contributed by atoms with Crippen LogP contribution in [0.2, 0.25) is 0 Å². The molecule has 1 saturated heterocycles. The van der Waals surface area contributed by atoms with Crippen LogP contribution in [0, 0.1) is 0 Å². The van der Waals surface area contributed by atoms with E-state index in [9.17, 15) is 14.7 Å². The summed E-state index contributed by atoms with van der Waals surface area (Å²) >= 11 is 3.42. The summed E-state index contributed by atoms with van der Waals surface area (Å²) in [5, 5.41) is 11.2. The van der Waals surface area contributed by atoms with Gasteiger partial charge in [-0.25, -0.2) is 0 Å². The number of methoxy groups -OCH3 is 1. The van der Waals surface area contributed by atoms with Crippen LogP contribution in [-0.4, -0.2) is 30.5 Å². The molecular formula is C26H22BrNO5. The Bertz CT molecular complexity index is 1200. The van der Waals surface area contributed by atoms with Crippen LogP contribution >= 0.6 is 15.9 Å². The van der Waals surface area contributed by atoms with Gasteiger partial charge < -0.3 is 14.6 Å². The second-order valence-electron chi connectivity index (χ2n) is 7.38. The van der Waals surface area contributed by atoms with E-state index in [1.165, 1.54) is 4.90 Å². The summed E-state index contributed by atoms with van der Waals surface area (Å²) in [5.74, 6) is -0.409. The molecule has 0 bridgehead atoms. The van der Waals surface area contributed by atoms with E-state index >= 15 is 0 Å². The highest BCUT2D eigenvalue weighted by Crippen LogP contribution is 2.42. The maximum Gasteiger partial charge on any atom is 0.300 e. The molecule has 0 radical (unpaired) electrons. The Balaban J connectivity index is 1.86. The molecular weight excluding hydrogens is 486 g/mol. The smallest absolute Gasteiger partial charge is 0.300 e. The fourth-order valence-electron chi connectivity index (χ4n) is 3.83. The monoisotopic (exact) mass is 507 g/mol. The lowest BCUT2D eigenvalue weighted by Gasteiger charge is -2.25. The number of hydrogen-bond donors (Lipinski definition) is 1. The third kappa shape index (κ3) is 4.36. The van der Waals surface area contributed by atoms with Crippen molar-refractivity contribution in [2.24, 2.45) is 0 Å². The Morgan fingerprint density at radius 2 is 1.55 bits per heavy atom. The molecule has 3 aromatic carbocycles. The number of hydrogen-bond acceptors (Lipinski definition) is 5. The molecule has 1 unspecified atom stereocenters. The molecule has 6 nitrogen and oxygen atoms in total. The van der Waals surface area contributed by atoms with Crippen molar-refractivity contribution in [3.63, 3.8) is 0 Å². The van der Waals surface area contributed by atoms with E-state index in [0.717, 1.165) is 4.47 Å². The first-order chi connectivity index (χ1) is 15.9. The summed E-state index contributed by atoms with van der Waals surface area (Å²) in [4.78, 5) is 27.8. The maximum absolute atomic E-state index is 13.2. The minimum Gasteiger partial charge on any atom is -0.507 e. The molecule has 0 spiro atoms. The van der Waals surface area contributed by atoms with Crippen molar-refractivity contribution in [2.75, 3.05) is 18.6 Å². The predicted octanol–water partition coefficient (Wildman–Crippen LogP) is 5.48. The first-order valence-electron chi connectivity index (χ1n) is 10.4. The highest BCUT2D eigenvalue weighted by Gasteiger charge is 2.46. The number of nitrogens with zero attached hydrogens (tertiary/aromatic N) is 1. The van der Waals surface area contributed by atoms with Gasteiger partial charge in [0.2, 0.25) is 0 Å². The van der Waals surface area contributed by atoms with Crippen LogP contribution < -0.4 is 14.4 Å². The SMILES string of the molecule is CCOc1ccc(C(O)=C2C(=O)C(=O)N(c3ccc(OC)cc3)C2c2ccc(Br)cc2)cc1. The number of aliphatic hydroxyl groups is 1. The fourth-order valence-corrected chi connectivity index (χ4v) is 4.10. The second-order valence-corrected chi connectivity index (χ2v) is 8.29. The van der Waals surface area contributed by atoms with Gasteiger partial charge in [-0.1, -0.05) is 28.1 Å². The summed E-state index contributed by atoms with van der Waals surface area (Å²) in [6.45, 7) is 2.40. The molecule has 7 heteroatoms. The topological polar surface area (TPSA) is 76.1 Å². The molecule has 0 aromatic heterocycles. The fraction of sp³-hybridized carbons (Fsp3) is 0.154. The van der Waals surface area contributed by atoms with Crippen molar-refractivity contribution in [3.05, 3.63) is 94.0 Å². The molecule has 1 aliphatic rings. The number of Topliss-reactive ketones (excluding diaryl/α,β-unsaturated/α-hetero) is 1. The van der Waals surface area contributed by atoms with Gasteiger partial charge >= 0.3 is 0 Å². The Morgan fingerprint density at radius 3 is 2.12 bits per heavy atom. The lowest BCUT2D eigenvalue weighted by Crippen LogP contribution is -2.29. The number of carbonyl (C=O) groups excluding carboxylic acids is 2. The van der Waals surface area contributed by atoms with E-state index in [1.54, 1.807) is 55.6 Å². The van der Waals surface area contributed by atoms with Gasteiger partial charge in [-0.05, 0) is 73.2 Å². The molecule has 0 aliphatic carbocycles. The Kier molecular flexibility index (Phi) is 6.51. The average Bonchev–Trinajstić information content (AvgIpc) is 3.10. The van der Waals surface area contributed by atoms with Gasteiger partial charge in [-0.3, -0.25) is 14.5 Å². The van der Waals surface area contributed by atoms with Crippen LogP contribution in [0.4, 0.5) is 5.69 Å². The Morgan fingerprint density at radius 1 is 0.939 bits per heavy atom. The first kappa shape index (κ1) is 22.6. The number of aliphatic hydroxyl groups excluding tert-OH is 1. The van der Waals surface area contributed by atoms with E-state index in [1.807, 2.05) is 31.2 Å². The zero-order valence-electron chi connectivity index (χ0n) is 18.1. The van der Waals surface area contributed by atoms with Gasteiger partial charge in [0.1, 0.15) is 17.3 Å². The minimum atomic E-state index is -0.793. The summed E-state index contributed by atoms with van der Waals surface area (Å²) in [5.41, 5.74) is 1.67. The van der Waals surface area contributed by atoms with E-state index in [4.69, 9.17) is 9.47 Å². The molecule has 33 heavy (non-hydrogen) atoms. The molecule has 1 fully saturated rings. The number of carbonyl (C=O) groups is 2. The maximum atomic E-state index is 13.2. The van der Waals surface area contributed by atoms with E-state index in [0.29, 0.717) is 34.9 Å². The number of benzene rings is 3. The number of rotatable bonds is 6. The van der Waals surface area contributed by atoms with Gasteiger partial charge in [-0.2, -0.15) is 0 Å². The average molecular weight is 508 g/mol. The molecule has 4 rings (SSSR count). The first-order valence-corrected chi connectivity index (χ1v) is 11.2. The van der Waals surface area contributed by atoms with Crippen LogP contribution in [0.15, 0.2) is 82.8 Å². The molecule has 1 heterocycles. The number of halogens is 1. The highest BCUT2D eigenvalue weighted by atomic mass is 79.9. The third-order valence-electron chi connectivity index (χ3n) is 5.42. The molecule has 3 aromatic rings. The van der Waals surface area contributed by atoms with Crippen LogP contribution in [0.5, 0.6) is 11.5 Å². The van der Waals surface area contributed by atoms with Crippen molar-refractivity contribution in [1.82, 2.24) is 0 Å². The number of anilines is 1. The Hall–Kier alpha value is -3.58. The van der Waals surface area contributed by atoms with Gasteiger partial charge in [0, 0.05) is 15.7 Å². The van der Waals surface area contributed by atoms with Gasteiger partial charge in [0.15, 0.2) is 0 Å². The van der Waals surface area contributed by atoms with Crippen LogP contribution in [-0.2, 0) is 9.59 Å². The molecule has 168 valence electrons. The van der Waals surface area contributed by atoms with E-state index in [-0.39, 0.29) is 11.3 Å². The van der Waals surface area contributed by atoms with E-state index in [2.05, 4.69) is 15.9 Å². The summed E-state index contributed by atoms with van der Waals surface area (Å²) < 4.78 is 11.5. The Labute approximate surface area is 200 Å². The van der Waals surface area contributed by atoms with Gasteiger partial charge in [0.25, 0.3) is 11.7 Å². The quantitative estimate of drug-likeness (QED) is 0.271. The molecule has 1 atom stereocenters. The minimum absolute atomic E-state index is 0.0299. The van der Waals surface area contributed by atoms with Crippen LogP contribution in [0.1, 0.15) is 24.1 Å². The largest absolute Gasteiger partial charge is 0.507 e. The second kappa shape index (κ2) is 9.50. The van der Waals surface area contributed by atoms with Crippen molar-refractivity contribution >= 4 is 39.1 Å².